The molecule has 8 nitrogen and oxygen atoms in total. The Morgan fingerprint density at radius 3 is 2.31 bits per heavy atom. The molecule has 2 saturated heterocycles. The van der Waals surface area contributed by atoms with Crippen molar-refractivity contribution in [3.05, 3.63) is 57.8 Å². The second-order valence-corrected chi connectivity index (χ2v) is 10.6. The Balaban J connectivity index is 1.54. The SMILES string of the molecule is C[C@@H]1CN(c2cc(F)c(C3CN=C(N4CCOCC4)NC3)cc2-n2ccc(C(F)(F)F)cc2=O)C[C@H](C)N1C. The molecule has 1 unspecified atom stereocenters. The first-order chi connectivity index (χ1) is 18.5. The van der Waals surface area contributed by atoms with Crippen LogP contribution in [-0.2, 0) is 10.9 Å². The standard InChI is InChI=1S/C27H34F4N6O2/c1-17-15-36(16-18(2)34(17)3)23-12-22(28)21(19-13-32-26(33-14-19)35-6-8-39-9-7-35)11-24(23)37-5-4-20(10-25(37)38)27(29,30)31/h4-5,10-12,17-19H,6-9,13-16H2,1-3H3,(H,32,33)/t17-,18+. The molecule has 39 heavy (non-hydrogen) atoms. The highest BCUT2D eigenvalue weighted by Crippen LogP contribution is 2.34. The fraction of sp³-hybridized carbons (Fsp3) is 0.556. The molecule has 0 radical (unpaired) electrons. The number of piperazine rings is 1. The first-order valence-corrected chi connectivity index (χ1v) is 13.2. The van der Waals surface area contributed by atoms with E-state index in [1.807, 2.05) is 11.9 Å². The molecule has 2 fully saturated rings. The molecular formula is C27H34F4N6O2. The fourth-order valence-corrected chi connectivity index (χ4v) is 5.51. The van der Waals surface area contributed by atoms with Crippen LogP contribution in [0.25, 0.3) is 5.69 Å². The van der Waals surface area contributed by atoms with Crippen molar-refractivity contribution in [1.82, 2.24) is 19.7 Å². The Morgan fingerprint density at radius 1 is 1.03 bits per heavy atom. The molecule has 3 atom stereocenters. The van der Waals surface area contributed by atoms with Gasteiger partial charge in [0.1, 0.15) is 5.82 Å². The highest BCUT2D eigenvalue weighted by atomic mass is 19.4. The van der Waals surface area contributed by atoms with Crippen LogP contribution in [-0.4, -0.2) is 91.9 Å². The number of hydrogen-bond acceptors (Lipinski definition) is 7. The molecule has 0 bridgehead atoms. The maximum atomic E-state index is 15.8. The minimum absolute atomic E-state index is 0.157. The van der Waals surface area contributed by atoms with Crippen molar-refractivity contribution in [2.45, 2.75) is 38.0 Å². The number of ether oxygens (including phenoxy) is 1. The van der Waals surface area contributed by atoms with Gasteiger partial charge in [-0.1, -0.05) is 0 Å². The molecule has 0 amide bonds. The molecule has 3 aliphatic rings. The monoisotopic (exact) mass is 550 g/mol. The van der Waals surface area contributed by atoms with Crippen LogP contribution >= 0.6 is 0 Å². The van der Waals surface area contributed by atoms with Gasteiger partial charge in [0.15, 0.2) is 5.96 Å². The van der Waals surface area contributed by atoms with Crippen molar-refractivity contribution in [2.24, 2.45) is 4.99 Å². The lowest BCUT2D eigenvalue weighted by atomic mass is 9.95. The highest BCUT2D eigenvalue weighted by Gasteiger charge is 2.33. The molecule has 212 valence electrons. The van der Waals surface area contributed by atoms with Crippen molar-refractivity contribution in [3.8, 4) is 5.69 Å². The van der Waals surface area contributed by atoms with Gasteiger partial charge in [-0.2, -0.15) is 13.2 Å². The second kappa shape index (κ2) is 10.8. The summed E-state index contributed by atoms with van der Waals surface area (Å²) in [7, 11) is 2.03. The van der Waals surface area contributed by atoms with Gasteiger partial charge in [0.25, 0.3) is 5.56 Å². The molecule has 1 aromatic carbocycles. The van der Waals surface area contributed by atoms with Crippen LogP contribution in [0.5, 0.6) is 0 Å². The number of benzene rings is 1. The van der Waals surface area contributed by atoms with E-state index in [9.17, 15) is 18.0 Å². The molecule has 3 aliphatic heterocycles. The lowest BCUT2D eigenvalue weighted by molar-refractivity contribution is -0.137. The van der Waals surface area contributed by atoms with Crippen molar-refractivity contribution >= 4 is 11.6 Å². The molecular weight excluding hydrogens is 516 g/mol. The molecule has 12 heteroatoms. The number of rotatable bonds is 3. The van der Waals surface area contributed by atoms with Crippen LogP contribution in [0.15, 0.2) is 40.2 Å². The highest BCUT2D eigenvalue weighted by molar-refractivity contribution is 5.81. The maximum Gasteiger partial charge on any atom is 0.416 e. The largest absolute Gasteiger partial charge is 0.416 e. The summed E-state index contributed by atoms with van der Waals surface area (Å²) in [6.07, 6.45) is -3.51. The average molecular weight is 551 g/mol. The Hall–Kier alpha value is -3.12. The lowest BCUT2D eigenvalue weighted by Crippen LogP contribution is -2.55. The number of nitrogens with zero attached hydrogens (tertiary/aromatic N) is 5. The average Bonchev–Trinajstić information content (AvgIpc) is 2.91. The number of alkyl halides is 3. The van der Waals surface area contributed by atoms with E-state index in [0.29, 0.717) is 62.4 Å². The molecule has 1 N–H and O–H groups in total. The number of aromatic nitrogens is 1. The first-order valence-electron chi connectivity index (χ1n) is 13.2. The van der Waals surface area contributed by atoms with Gasteiger partial charge in [-0.3, -0.25) is 19.3 Å². The van der Waals surface area contributed by atoms with Gasteiger partial charge in [0.2, 0.25) is 0 Å². The summed E-state index contributed by atoms with van der Waals surface area (Å²) in [5.41, 5.74) is -0.638. The van der Waals surface area contributed by atoms with Crippen molar-refractivity contribution in [2.75, 3.05) is 64.4 Å². The Labute approximate surface area is 224 Å². The summed E-state index contributed by atoms with van der Waals surface area (Å²) >= 11 is 0. The van der Waals surface area contributed by atoms with Crippen LogP contribution in [0.4, 0.5) is 23.2 Å². The zero-order chi connectivity index (χ0) is 27.9. The number of likely N-dealkylation sites (N-methyl/N-ethyl adjacent to an activating group) is 1. The van der Waals surface area contributed by atoms with E-state index in [4.69, 9.17) is 4.74 Å². The number of aliphatic imine (C=N–C) groups is 1. The number of guanidine groups is 1. The molecule has 0 spiro atoms. The van der Waals surface area contributed by atoms with Crippen LogP contribution < -0.4 is 15.8 Å². The van der Waals surface area contributed by atoms with Crippen LogP contribution in [0, 0.1) is 5.82 Å². The molecule has 4 heterocycles. The topological polar surface area (TPSA) is 65.3 Å². The van der Waals surface area contributed by atoms with Crippen LogP contribution in [0.3, 0.4) is 0 Å². The van der Waals surface area contributed by atoms with Gasteiger partial charge in [-0.15, -0.1) is 0 Å². The molecule has 0 saturated carbocycles. The number of morpholine rings is 1. The molecule has 2 aromatic rings. The van der Waals surface area contributed by atoms with Gasteiger partial charge in [-0.05, 0) is 44.7 Å². The van der Waals surface area contributed by atoms with Gasteiger partial charge in [-0.25, -0.2) is 4.39 Å². The number of anilines is 1. The third-order valence-electron chi connectivity index (χ3n) is 8.02. The lowest BCUT2D eigenvalue weighted by Gasteiger charge is -2.44. The van der Waals surface area contributed by atoms with Crippen molar-refractivity contribution in [1.29, 1.82) is 0 Å². The third kappa shape index (κ3) is 5.62. The summed E-state index contributed by atoms with van der Waals surface area (Å²) in [5, 5.41) is 3.30. The zero-order valence-corrected chi connectivity index (χ0v) is 22.3. The molecule has 0 aliphatic carbocycles. The third-order valence-corrected chi connectivity index (χ3v) is 8.02. The first kappa shape index (κ1) is 27.4. The summed E-state index contributed by atoms with van der Waals surface area (Å²) in [6.45, 7) is 8.77. The van der Waals surface area contributed by atoms with E-state index < -0.39 is 23.1 Å². The molecule has 1 aromatic heterocycles. The van der Waals surface area contributed by atoms with Crippen molar-refractivity contribution in [3.63, 3.8) is 0 Å². The number of pyridine rings is 1. The normalized spacial score (nSPS) is 24.9. The summed E-state index contributed by atoms with van der Waals surface area (Å²) in [6, 6.07) is 4.80. The van der Waals surface area contributed by atoms with E-state index in [1.165, 1.54) is 10.6 Å². The zero-order valence-electron chi connectivity index (χ0n) is 22.3. The van der Waals surface area contributed by atoms with Gasteiger partial charge >= 0.3 is 6.18 Å². The minimum atomic E-state index is -4.64. The molecule has 5 rings (SSSR count). The number of hydrogen-bond donors (Lipinski definition) is 1. The van der Waals surface area contributed by atoms with Gasteiger partial charge in [0, 0.05) is 63.0 Å². The smallest absolute Gasteiger partial charge is 0.378 e. The van der Waals surface area contributed by atoms with Gasteiger partial charge < -0.3 is 19.9 Å². The maximum absolute atomic E-state index is 15.8. The van der Waals surface area contributed by atoms with E-state index in [2.05, 4.69) is 34.0 Å². The Bertz CT molecular complexity index is 1280. The van der Waals surface area contributed by atoms with E-state index in [1.54, 1.807) is 6.07 Å². The Morgan fingerprint density at radius 2 is 1.72 bits per heavy atom. The van der Waals surface area contributed by atoms with Gasteiger partial charge in [0.05, 0.1) is 36.7 Å². The van der Waals surface area contributed by atoms with E-state index >= 15 is 4.39 Å². The number of halogens is 4. The van der Waals surface area contributed by atoms with Crippen LogP contribution in [0.1, 0.15) is 30.9 Å². The summed E-state index contributed by atoms with van der Waals surface area (Å²) in [4.78, 5) is 24.0. The van der Waals surface area contributed by atoms with E-state index in [-0.39, 0.29) is 18.0 Å². The minimum Gasteiger partial charge on any atom is -0.378 e. The quantitative estimate of drug-likeness (QED) is 0.594. The fourth-order valence-electron chi connectivity index (χ4n) is 5.51. The number of nitrogens with one attached hydrogen (secondary N) is 1. The summed E-state index contributed by atoms with van der Waals surface area (Å²) < 4.78 is 62.2. The van der Waals surface area contributed by atoms with Crippen molar-refractivity contribution < 1.29 is 22.3 Å². The predicted molar refractivity (Wildman–Crippen MR) is 141 cm³/mol. The van der Waals surface area contributed by atoms with E-state index in [0.717, 1.165) is 31.3 Å². The predicted octanol–water partition coefficient (Wildman–Crippen LogP) is 2.90. The Kier molecular flexibility index (Phi) is 7.60. The van der Waals surface area contributed by atoms with Crippen LogP contribution in [0.2, 0.25) is 0 Å². The summed E-state index contributed by atoms with van der Waals surface area (Å²) in [5.74, 6) is 0.0222. The second-order valence-electron chi connectivity index (χ2n) is 10.6.